The zero-order valence-corrected chi connectivity index (χ0v) is 7.84. The molecule has 1 rings (SSSR count). The van der Waals surface area contributed by atoms with E-state index in [2.05, 4.69) is 26.5 Å². The normalized spacial score (nSPS) is 31.5. The molecule has 0 heteroatoms. The summed E-state index contributed by atoms with van der Waals surface area (Å²) in [4.78, 5) is 0. The smallest absolute Gasteiger partial charge is 0.0205 e. The molecule has 3 atom stereocenters. The van der Waals surface area contributed by atoms with E-state index in [4.69, 9.17) is 0 Å². The summed E-state index contributed by atoms with van der Waals surface area (Å²) in [5.41, 5.74) is 0. The summed E-state index contributed by atoms with van der Waals surface area (Å²) in [6.07, 6.45) is 7.74. The molecule has 3 unspecified atom stereocenters. The first kappa shape index (κ1) is 8.83. The fourth-order valence-corrected chi connectivity index (χ4v) is 1.59. The topological polar surface area (TPSA) is 0 Å². The Kier molecular flexibility index (Phi) is 3.16. The average Bonchev–Trinajstić information content (AvgIpc) is 2.78. The van der Waals surface area contributed by atoms with E-state index in [0.29, 0.717) is 0 Å². The summed E-state index contributed by atoms with van der Waals surface area (Å²) >= 11 is 0. The van der Waals surface area contributed by atoms with E-state index in [1.54, 1.807) is 0 Å². The van der Waals surface area contributed by atoms with Crippen molar-refractivity contribution in [3.05, 3.63) is 12.7 Å². The van der Waals surface area contributed by atoms with Gasteiger partial charge in [-0.25, -0.2) is 0 Å². The van der Waals surface area contributed by atoms with Crippen molar-refractivity contribution in [2.24, 2.45) is 17.8 Å². The molecule has 1 saturated carbocycles. The lowest BCUT2D eigenvalue weighted by Gasteiger charge is -2.06. The van der Waals surface area contributed by atoms with Gasteiger partial charge < -0.3 is 0 Å². The lowest BCUT2D eigenvalue weighted by atomic mass is 10.0. The van der Waals surface area contributed by atoms with Crippen molar-refractivity contribution in [3.63, 3.8) is 0 Å². The SMILES string of the molecule is C=CC1CC1CCC(C)CC. The third-order valence-corrected chi connectivity index (χ3v) is 3.01. The largest absolute Gasteiger partial charge is 0.103 e. The van der Waals surface area contributed by atoms with E-state index >= 15 is 0 Å². The second-order valence-corrected chi connectivity index (χ2v) is 3.99. The lowest BCUT2D eigenvalue weighted by molar-refractivity contribution is 0.471. The highest BCUT2D eigenvalue weighted by molar-refractivity contribution is 4.97. The minimum absolute atomic E-state index is 0.874. The van der Waals surface area contributed by atoms with Crippen LogP contribution in [0.15, 0.2) is 12.7 Å². The van der Waals surface area contributed by atoms with Gasteiger partial charge in [0.15, 0.2) is 0 Å². The van der Waals surface area contributed by atoms with Gasteiger partial charge in [-0.15, -0.1) is 6.58 Å². The third-order valence-electron chi connectivity index (χ3n) is 3.01. The molecule has 1 fully saturated rings. The molecule has 0 amide bonds. The fourth-order valence-electron chi connectivity index (χ4n) is 1.59. The summed E-state index contributed by atoms with van der Waals surface area (Å²) in [5, 5.41) is 0. The predicted octanol–water partition coefficient (Wildman–Crippen LogP) is 3.63. The van der Waals surface area contributed by atoms with Gasteiger partial charge in [0, 0.05) is 0 Å². The van der Waals surface area contributed by atoms with Crippen molar-refractivity contribution < 1.29 is 0 Å². The molecule has 0 aromatic carbocycles. The molecule has 1 aliphatic carbocycles. The van der Waals surface area contributed by atoms with E-state index in [1.165, 1.54) is 25.7 Å². The Morgan fingerprint density at radius 3 is 2.82 bits per heavy atom. The molecule has 1 aliphatic rings. The molecular weight excluding hydrogens is 132 g/mol. The minimum Gasteiger partial charge on any atom is -0.103 e. The highest BCUT2D eigenvalue weighted by Crippen LogP contribution is 2.43. The summed E-state index contributed by atoms with van der Waals surface area (Å²) in [5.74, 6) is 2.81. The first-order valence-corrected chi connectivity index (χ1v) is 4.90. The Morgan fingerprint density at radius 1 is 1.64 bits per heavy atom. The van der Waals surface area contributed by atoms with Crippen LogP contribution >= 0.6 is 0 Å². The summed E-state index contributed by atoms with van der Waals surface area (Å²) in [7, 11) is 0. The quantitative estimate of drug-likeness (QED) is 0.528. The number of allylic oxidation sites excluding steroid dienone is 1. The molecule has 0 saturated heterocycles. The van der Waals surface area contributed by atoms with Gasteiger partial charge in [-0.05, 0) is 30.6 Å². The summed E-state index contributed by atoms with van der Waals surface area (Å²) in [6.45, 7) is 8.45. The van der Waals surface area contributed by atoms with Crippen LogP contribution in [0.1, 0.15) is 39.5 Å². The van der Waals surface area contributed by atoms with E-state index in [0.717, 1.165) is 17.8 Å². The van der Waals surface area contributed by atoms with Crippen LogP contribution in [0.4, 0.5) is 0 Å². The molecule has 0 aliphatic heterocycles. The molecule has 11 heavy (non-hydrogen) atoms. The Bertz CT molecular complexity index is 126. The number of rotatable bonds is 5. The zero-order valence-electron chi connectivity index (χ0n) is 7.84. The van der Waals surface area contributed by atoms with Crippen LogP contribution in [0.25, 0.3) is 0 Å². The van der Waals surface area contributed by atoms with Crippen LogP contribution in [0.5, 0.6) is 0 Å². The predicted molar refractivity (Wildman–Crippen MR) is 50.5 cm³/mol. The third kappa shape index (κ3) is 2.69. The van der Waals surface area contributed by atoms with Crippen molar-refractivity contribution in [1.82, 2.24) is 0 Å². The van der Waals surface area contributed by atoms with Gasteiger partial charge in [0.2, 0.25) is 0 Å². The second kappa shape index (κ2) is 3.94. The van der Waals surface area contributed by atoms with Crippen LogP contribution in [0.3, 0.4) is 0 Å². The van der Waals surface area contributed by atoms with Crippen molar-refractivity contribution in [3.8, 4) is 0 Å². The van der Waals surface area contributed by atoms with E-state index in [9.17, 15) is 0 Å². The Balaban J connectivity index is 2.01. The number of hydrogen-bond acceptors (Lipinski definition) is 0. The van der Waals surface area contributed by atoms with Gasteiger partial charge in [-0.2, -0.15) is 0 Å². The van der Waals surface area contributed by atoms with Gasteiger partial charge in [-0.3, -0.25) is 0 Å². The van der Waals surface area contributed by atoms with Gasteiger partial charge in [0.1, 0.15) is 0 Å². The maximum absolute atomic E-state index is 3.82. The summed E-state index contributed by atoms with van der Waals surface area (Å²) in [6, 6.07) is 0. The van der Waals surface area contributed by atoms with Crippen molar-refractivity contribution in [1.29, 1.82) is 0 Å². The Labute approximate surface area is 70.7 Å². The van der Waals surface area contributed by atoms with E-state index in [-0.39, 0.29) is 0 Å². The molecule has 0 N–H and O–H groups in total. The van der Waals surface area contributed by atoms with Gasteiger partial charge in [0.25, 0.3) is 0 Å². The molecule has 64 valence electrons. The van der Waals surface area contributed by atoms with Crippen LogP contribution in [0, 0.1) is 17.8 Å². The average molecular weight is 152 g/mol. The van der Waals surface area contributed by atoms with Crippen molar-refractivity contribution in [2.75, 3.05) is 0 Å². The molecule has 0 spiro atoms. The Morgan fingerprint density at radius 2 is 2.36 bits per heavy atom. The molecule has 0 aromatic rings. The van der Waals surface area contributed by atoms with Crippen LogP contribution in [-0.2, 0) is 0 Å². The van der Waals surface area contributed by atoms with Gasteiger partial charge in [0.05, 0.1) is 0 Å². The highest BCUT2D eigenvalue weighted by Gasteiger charge is 2.33. The first-order valence-electron chi connectivity index (χ1n) is 4.90. The molecule has 0 bridgehead atoms. The van der Waals surface area contributed by atoms with Crippen LogP contribution in [-0.4, -0.2) is 0 Å². The van der Waals surface area contributed by atoms with Crippen LogP contribution in [0.2, 0.25) is 0 Å². The Hall–Kier alpha value is -0.260. The van der Waals surface area contributed by atoms with Crippen molar-refractivity contribution >= 4 is 0 Å². The lowest BCUT2D eigenvalue weighted by Crippen LogP contribution is -1.92. The van der Waals surface area contributed by atoms with Gasteiger partial charge in [-0.1, -0.05) is 32.8 Å². The minimum atomic E-state index is 0.874. The standard InChI is InChI=1S/C11H20/c1-4-9(3)6-7-11-8-10(11)5-2/h5,9-11H,2,4,6-8H2,1,3H3. The maximum atomic E-state index is 3.82. The van der Waals surface area contributed by atoms with Crippen LogP contribution < -0.4 is 0 Å². The molecule has 0 heterocycles. The summed E-state index contributed by atoms with van der Waals surface area (Å²) < 4.78 is 0. The van der Waals surface area contributed by atoms with E-state index in [1.807, 2.05) is 0 Å². The first-order chi connectivity index (χ1) is 5.27. The van der Waals surface area contributed by atoms with Crippen molar-refractivity contribution in [2.45, 2.75) is 39.5 Å². The maximum Gasteiger partial charge on any atom is -0.0205 e. The molecule has 0 radical (unpaired) electrons. The number of hydrogen-bond donors (Lipinski definition) is 0. The highest BCUT2D eigenvalue weighted by atomic mass is 14.4. The zero-order chi connectivity index (χ0) is 8.27. The monoisotopic (exact) mass is 152 g/mol. The molecular formula is C11H20. The molecule has 0 nitrogen and oxygen atoms in total. The molecule has 0 aromatic heterocycles. The van der Waals surface area contributed by atoms with Gasteiger partial charge >= 0.3 is 0 Å². The fraction of sp³-hybridized carbons (Fsp3) is 0.818. The second-order valence-electron chi connectivity index (χ2n) is 3.99. The van der Waals surface area contributed by atoms with E-state index < -0.39 is 0 Å².